The molecule has 1 aliphatic carbocycles. The van der Waals surface area contributed by atoms with Gasteiger partial charge in [0.15, 0.2) is 0 Å². The van der Waals surface area contributed by atoms with Crippen molar-refractivity contribution in [1.82, 2.24) is 5.32 Å². The first kappa shape index (κ1) is 11.2. The molecule has 0 atom stereocenters. The minimum absolute atomic E-state index is 0.754. The molecule has 0 unspecified atom stereocenters. The van der Waals surface area contributed by atoms with Crippen LogP contribution in [0.15, 0.2) is 22.7 Å². The fourth-order valence-corrected chi connectivity index (χ4v) is 2.96. The van der Waals surface area contributed by atoms with Crippen LogP contribution in [-0.2, 0) is 6.54 Å². The monoisotopic (exact) mass is 267 g/mol. The summed E-state index contributed by atoms with van der Waals surface area (Å²) in [6.45, 7) is 3.15. The standard InChI is InChI=1S/C13H18BrN/c1-10-6-11(8-12(14)7-10)9-15-13-4-2-3-5-13/h6-8,13,15H,2-5,9H2,1H3. The zero-order valence-corrected chi connectivity index (χ0v) is 10.8. The average Bonchev–Trinajstić information content (AvgIpc) is 2.65. The van der Waals surface area contributed by atoms with Crippen LogP contribution in [0.5, 0.6) is 0 Å². The molecular weight excluding hydrogens is 250 g/mol. The molecule has 2 rings (SSSR count). The topological polar surface area (TPSA) is 12.0 Å². The predicted octanol–water partition coefficient (Wildman–Crippen LogP) is 3.79. The lowest BCUT2D eigenvalue weighted by Gasteiger charge is -2.12. The molecule has 0 aromatic heterocycles. The van der Waals surface area contributed by atoms with Crippen molar-refractivity contribution in [2.45, 2.75) is 45.2 Å². The molecule has 82 valence electrons. The van der Waals surface area contributed by atoms with E-state index in [1.807, 2.05) is 0 Å². The zero-order chi connectivity index (χ0) is 10.7. The van der Waals surface area contributed by atoms with Gasteiger partial charge in [0, 0.05) is 17.1 Å². The number of benzene rings is 1. The average molecular weight is 268 g/mol. The normalized spacial score (nSPS) is 17.2. The molecule has 0 bridgehead atoms. The molecule has 0 radical (unpaired) electrons. The lowest BCUT2D eigenvalue weighted by Crippen LogP contribution is -2.25. The van der Waals surface area contributed by atoms with E-state index in [4.69, 9.17) is 0 Å². The van der Waals surface area contributed by atoms with Crippen LogP contribution in [0.4, 0.5) is 0 Å². The highest BCUT2D eigenvalue weighted by atomic mass is 79.9. The van der Waals surface area contributed by atoms with E-state index in [0.717, 1.165) is 12.6 Å². The quantitative estimate of drug-likeness (QED) is 0.879. The number of hydrogen-bond donors (Lipinski definition) is 1. The summed E-state index contributed by atoms with van der Waals surface area (Å²) in [5.74, 6) is 0. The molecule has 1 aromatic carbocycles. The van der Waals surface area contributed by atoms with Crippen molar-refractivity contribution in [2.24, 2.45) is 0 Å². The summed E-state index contributed by atoms with van der Waals surface area (Å²) in [4.78, 5) is 0. The van der Waals surface area contributed by atoms with Crippen LogP contribution in [-0.4, -0.2) is 6.04 Å². The van der Waals surface area contributed by atoms with Gasteiger partial charge in [-0.25, -0.2) is 0 Å². The highest BCUT2D eigenvalue weighted by Gasteiger charge is 2.13. The molecule has 2 heteroatoms. The molecule has 1 fully saturated rings. The first-order chi connectivity index (χ1) is 7.24. The fraction of sp³-hybridized carbons (Fsp3) is 0.538. The zero-order valence-electron chi connectivity index (χ0n) is 9.22. The Morgan fingerprint density at radius 3 is 2.67 bits per heavy atom. The van der Waals surface area contributed by atoms with E-state index in [1.165, 1.54) is 41.3 Å². The molecule has 1 nitrogen and oxygen atoms in total. The first-order valence-corrected chi connectivity index (χ1v) is 6.53. The van der Waals surface area contributed by atoms with Gasteiger partial charge in [-0.2, -0.15) is 0 Å². The summed E-state index contributed by atoms with van der Waals surface area (Å²) < 4.78 is 1.19. The molecule has 0 heterocycles. The third-order valence-electron chi connectivity index (χ3n) is 3.05. The lowest BCUT2D eigenvalue weighted by atomic mass is 10.1. The van der Waals surface area contributed by atoms with Crippen molar-refractivity contribution in [3.05, 3.63) is 33.8 Å². The van der Waals surface area contributed by atoms with Gasteiger partial charge in [0.1, 0.15) is 0 Å². The second kappa shape index (κ2) is 5.13. The first-order valence-electron chi connectivity index (χ1n) is 5.73. The fourth-order valence-electron chi connectivity index (χ4n) is 2.31. The Hall–Kier alpha value is -0.340. The molecule has 0 saturated heterocycles. The summed E-state index contributed by atoms with van der Waals surface area (Å²) >= 11 is 3.54. The molecule has 0 spiro atoms. The minimum Gasteiger partial charge on any atom is -0.310 e. The largest absolute Gasteiger partial charge is 0.310 e. The van der Waals surface area contributed by atoms with Gasteiger partial charge in [-0.1, -0.05) is 34.8 Å². The van der Waals surface area contributed by atoms with E-state index < -0.39 is 0 Å². The van der Waals surface area contributed by atoms with E-state index in [-0.39, 0.29) is 0 Å². The number of aryl methyl sites for hydroxylation is 1. The summed E-state index contributed by atoms with van der Waals surface area (Å²) in [7, 11) is 0. The Labute approximate surface area is 100 Å². The maximum Gasteiger partial charge on any atom is 0.0208 e. The molecule has 1 N–H and O–H groups in total. The van der Waals surface area contributed by atoms with E-state index in [0.29, 0.717) is 0 Å². The Bertz CT molecular complexity index is 309. The van der Waals surface area contributed by atoms with Gasteiger partial charge in [-0.05, 0) is 43.0 Å². The van der Waals surface area contributed by atoms with E-state index in [2.05, 4.69) is 46.4 Å². The molecule has 0 amide bonds. The Kier molecular flexibility index (Phi) is 3.81. The van der Waals surface area contributed by atoms with Gasteiger partial charge in [-0.15, -0.1) is 0 Å². The van der Waals surface area contributed by atoms with Gasteiger partial charge in [-0.3, -0.25) is 0 Å². The molecule has 1 aliphatic rings. The number of hydrogen-bond acceptors (Lipinski definition) is 1. The number of rotatable bonds is 3. The number of nitrogens with one attached hydrogen (secondary N) is 1. The van der Waals surface area contributed by atoms with Gasteiger partial charge < -0.3 is 5.32 Å². The Morgan fingerprint density at radius 1 is 1.27 bits per heavy atom. The molecular formula is C13H18BrN. The van der Waals surface area contributed by atoms with Crippen LogP contribution in [0.1, 0.15) is 36.8 Å². The van der Waals surface area contributed by atoms with E-state index >= 15 is 0 Å². The predicted molar refractivity (Wildman–Crippen MR) is 68.0 cm³/mol. The number of halogens is 1. The van der Waals surface area contributed by atoms with Gasteiger partial charge in [0.05, 0.1) is 0 Å². The molecule has 1 aromatic rings. The third kappa shape index (κ3) is 3.32. The maximum absolute atomic E-state index is 3.63. The Balaban J connectivity index is 1.92. The second-order valence-electron chi connectivity index (χ2n) is 4.50. The van der Waals surface area contributed by atoms with Crippen LogP contribution in [0.25, 0.3) is 0 Å². The highest BCUT2D eigenvalue weighted by Crippen LogP contribution is 2.19. The van der Waals surface area contributed by atoms with Crippen LogP contribution in [0, 0.1) is 6.92 Å². The van der Waals surface area contributed by atoms with Gasteiger partial charge >= 0.3 is 0 Å². The molecule has 15 heavy (non-hydrogen) atoms. The summed E-state index contributed by atoms with van der Waals surface area (Å²) in [6, 6.07) is 7.37. The van der Waals surface area contributed by atoms with Crippen LogP contribution in [0.3, 0.4) is 0 Å². The highest BCUT2D eigenvalue weighted by molar-refractivity contribution is 9.10. The smallest absolute Gasteiger partial charge is 0.0208 e. The molecule has 0 aliphatic heterocycles. The molecule has 1 saturated carbocycles. The summed E-state index contributed by atoms with van der Waals surface area (Å²) in [5.41, 5.74) is 2.71. The van der Waals surface area contributed by atoms with E-state index in [9.17, 15) is 0 Å². The van der Waals surface area contributed by atoms with E-state index in [1.54, 1.807) is 0 Å². The van der Waals surface area contributed by atoms with Crippen molar-refractivity contribution < 1.29 is 0 Å². The van der Waals surface area contributed by atoms with Crippen molar-refractivity contribution in [2.75, 3.05) is 0 Å². The summed E-state index contributed by atoms with van der Waals surface area (Å²) in [5, 5.41) is 3.63. The second-order valence-corrected chi connectivity index (χ2v) is 5.41. The summed E-state index contributed by atoms with van der Waals surface area (Å²) in [6.07, 6.45) is 5.50. The Morgan fingerprint density at radius 2 is 2.00 bits per heavy atom. The minimum atomic E-state index is 0.754. The van der Waals surface area contributed by atoms with Crippen LogP contribution in [0.2, 0.25) is 0 Å². The van der Waals surface area contributed by atoms with Crippen molar-refractivity contribution in [1.29, 1.82) is 0 Å². The SMILES string of the molecule is Cc1cc(Br)cc(CNC2CCCC2)c1. The van der Waals surface area contributed by atoms with Crippen LogP contribution < -0.4 is 5.32 Å². The van der Waals surface area contributed by atoms with Gasteiger partial charge in [0.2, 0.25) is 0 Å². The third-order valence-corrected chi connectivity index (χ3v) is 3.51. The van der Waals surface area contributed by atoms with Crippen molar-refractivity contribution in [3.63, 3.8) is 0 Å². The van der Waals surface area contributed by atoms with Crippen molar-refractivity contribution >= 4 is 15.9 Å². The maximum atomic E-state index is 3.63. The van der Waals surface area contributed by atoms with Gasteiger partial charge in [0.25, 0.3) is 0 Å². The lowest BCUT2D eigenvalue weighted by molar-refractivity contribution is 0.524. The van der Waals surface area contributed by atoms with Crippen LogP contribution >= 0.6 is 15.9 Å². The van der Waals surface area contributed by atoms with Crippen molar-refractivity contribution in [3.8, 4) is 0 Å².